The van der Waals surface area contributed by atoms with Gasteiger partial charge in [0, 0.05) is 30.0 Å². The van der Waals surface area contributed by atoms with Crippen molar-refractivity contribution in [3.8, 4) is 11.1 Å². The number of ether oxygens (including phenoxy) is 1. The summed E-state index contributed by atoms with van der Waals surface area (Å²) in [6.07, 6.45) is 2.63. The lowest BCUT2D eigenvalue weighted by Crippen LogP contribution is -2.48. The first-order chi connectivity index (χ1) is 23.3. The Morgan fingerprint density at radius 3 is 2.37 bits per heavy atom. The van der Waals surface area contributed by atoms with Crippen LogP contribution < -0.4 is 16.0 Å². The first kappa shape index (κ1) is 35.4. The van der Waals surface area contributed by atoms with Crippen molar-refractivity contribution in [2.45, 2.75) is 71.4 Å². The summed E-state index contributed by atoms with van der Waals surface area (Å²) in [7, 11) is 0. The number of hydrogen-bond donors (Lipinski definition) is 5. The molecule has 3 amide bonds. The van der Waals surface area contributed by atoms with Crippen molar-refractivity contribution in [1.82, 2.24) is 20.8 Å². The fourth-order valence-corrected chi connectivity index (χ4v) is 6.35. The SMILES string of the molecule is Cc1cc(C(=O)O)ccc1-c1ccc(CC(NC(=O)C2CCC(CNC(=O)OC(C)(C)C)CC2)C(=O)Nc2ccc3c(Cl)n[nH]c3c2)cc1. The zero-order chi connectivity index (χ0) is 35.3. The van der Waals surface area contributed by atoms with Crippen LogP contribution in [0.15, 0.2) is 60.7 Å². The van der Waals surface area contributed by atoms with Crippen molar-refractivity contribution in [3.63, 3.8) is 0 Å². The average molecular weight is 688 g/mol. The molecule has 4 aromatic rings. The van der Waals surface area contributed by atoms with Crippen LogP contribution in [0.4, 0.5) is 10.5 Å². The monoisotopic (exact) mass is 687 g/mol. The standard InChI is InChI=1S/C37H42ClN5O6/c1-21-17-26(35(46)47)13-15-28(21)24-9-5-22(6-10-24)18-31(34(45)40-27-14-16-29-30(19-27)42-43-32(29)38)41-33(44)25-11-7-23(8-12-25)20-39-36(48)49-37(2,3)4/h5-6,9-10,13-17,19,23,25,31H,7-8,11-12,18,20H2,1-4H3,(H,39,48)(H,40,45)(H,41,44)(H,42,43)(H,46,47). The molecule has 1 aromatic heterocycles. The number of halogens is 1. The van der Waals surface area contributed by atoms with E-state index in [-0.39, 0.29) is 35.6 Å². The van der Waals surface area contributed by atoms with Crippen LogP contribution in [-0.4, -0.2) is 57.4 Å². The highest BCUT2D eigenvalue weighted by atomic mass is 35.5. The number of fused-ring (bicyclic) bond motifs is 1. The summed E-state index contributed by atoms with van der Waals surface area (Å²) in [5, 5.41) is 26.0. The molecular weight excluding hydrogens is 646 g/mol. The van der Waals surface area contributed by atoms with E-state index in [1.54, 1.807) is 36.4 Å². The third kappa shape index (κ3) is 9.38. The van der Waals surface area contributed by atoms with Crippen molar-refractivity contribution in [3.05, 3.63) is 82.5 Å². The van der Waals surface area contributed by atoms with Crippen LogP contribution in [0, 0.1) is 18.8 Å². The van der Waals surface area contributed by atoms with Crippen LogP contribution in [0.3, 0.4) is 0 Å². The van der Waals surface area contributed by atoms with Gasteiger partial charge in [-0.2, -0.15) is 5.10 Å². The first-order valence-electron chi connectivity index (χ1n) is 16.4. The summed E-state index contributed by atoms with van der Waals surface area (Å²) < 4.78 is 5.33. The van der Waals surface area contributed by atoms with E-state index in [4.69, 9.17) is 16.3 Å². The molecule has 1 atom stereocenters. The van der Waals surface area contributed by atoms with Crippen LogP contribution in [0.2, 0.25) is 5.15 Å². The largest absolute Gasteiger partial charge is 0.478 e. The highest BCUT2D eigenvalue weighted by Crippen LogP contribution is 2.30. The summed E-state index contributed by atoms with van der Waals surface area (Å²) in [5.74, 6) is -1.54. The van der Waals surface area contributed by atoms with Crippen molar-refractivity contribution in [2.75, 3.05) is 11.9 Å². The summed E-state index contributed by atoms with van der Waals surface area (Å²) in [6.45, 7) is 7.80. The number of hydrogen-bond acceptors (Lipinski definition) is 6. The van der Waals surface area contributed by atoms with E-state index in [0.29, 0.717) is 35.7 Å². The number of anilines is 1. The molecule has 5 rings (SSSR count). The van der Waals surface area contributed by atoms with Gasteiger partial charge in [0.15, 0.2) is 5.15 Å². The summed E-state index contributed by atoms with van der Waals surface area (Å²) >= 11 is 6.12. The molecule has 258 valence electrons. The number of amides is 3. The molecule has 1 saturated carbocycles. The van der Waals surface area contributed by atoms with Gasteiger partial charge in [-0.05, 0) is 112 Å². The molecule has 1 heterocycles. The maximum Gasteiger partial charge on any atom is 0.407 e. The number of carboxylic acids is 1. The third-order valence-electron chi connectivity index (χ3n) is 8.75. The van der Waals surface area contributed by atoms with Gasteiger partial charge in [0.1, 0.15) is 11.6 Å². The number of nitrogens with zero attached hydrogens (tertiary/aromatic N) is 1. The number of carboxylic acid groups (broad SMARTS) is 1. The molecule has 49 heavy (non-hydrogen) atoms. The van der Waals surface area contributed by atoms with Gasteiger partial charge < -0.3 is 25.8 Å². The normalized spacial score (nSPS) is 16.8. The number of carbonyl (C=O) groups excluding carboxylic acids is 3. The highest BCUT2D eigenvalue weighted by Gasteiger charge is 2.30. The van der Waals surface area contributed by atoms with Gasteiger partial charge in [-0.25, -0.2) is 9.59 Å². The van der Waals surface area contributed by atoms with Gasteiger partial charge in [-0.3, -0.25) is 14.7 Å². The molecule has 0 saturated heterocycles. The molecule has 12 heteroatoms. The number of benzene rings is 3. The second kappa shape index (κ2) is 15.1. The molecule has 3 aromatic carbocycles. The lowest BCUT2D eigenvalue weighted by Gasteiger charge is -2.29. The number of H-pyrrole nitrogens is 1. The van der Waals surface area contributed by atoms with Crippen molar-refractivity contribution in [1.29, 1.82) is 0 Å². The Bertz CT molecular complexity index is 1840. The smallest absolute Gasteiger partial charge is 0.407 e. The number of aromatic carboxylic acids is 1. The van der Waals surface area contributed by atoms with Crippen molar-refractivity contribution >= 4 is 52.1 Å². The van der Waals surface area contributed by atoms with E-state index in [1.807, 2.05) is 52.0 Å². The number of aryl methyl sites for hydroxylation is 1. The van der Waals surface area contributed by atoms with E-state index in [1.165, 1.54) is 0 Å². The van der Waals surface area contributed by atoms with E-state index >= 15 is 0 Å². The number of aromatic amines is 1. The second-order valence-corrected chi connectivity index (χ2v) is 14.0. The number of nitrogens with one attached hydrogen (secondary N) is 4. The van der Waals surface area contributed by atoms with Gasteiger partial charge in [0.25, 0.3) is 0 Å². The Morgan fingerprint density at radius 2 is 1.71 bits per heavy atom. The molecule has 0 aliphatic heterocycles. The quantitative estimate of drug-likeness (QED) is 0.121. The maximum absolute atomic E-state index is 13.7. The molecule has 0 spiro atoms. The Morgan fingerprint density at radius 1 is 1.00 bits per heavy atom. The molecule has 0 radical (unpaired) electrons. The molecule has 11 nitrogen and oxygen atoms in total. The number of alkyl carbamates (subject to hydrolysis) is 1. The van der Waals surface area contributed by atoms with E-state index in [0.717, 1.165) is 40.5 Å². The summed E-state index contributed by atoms with van der Waals surface area (Å²) in [6, 6.07) is 17.1. The highest BCUT2D eigenvalue weighted by molar-refractivity contribution is 6.34. The fourth-order valence-electron chi connectivity index (χ4n) is 6.14. The number of carbonyl (C=O) groups is 4. The van der Waals surface area contributed by atoms with Crippen LogP contribution in [0.5, 0.6) is 0 Å². The number of aromatic nitrogens is 2. The molecular formula is C37H42ClN5O6. The second-order valence-electron chi connectivity index (χ2n) is 13.7. The third-order valence-corrected chi connectivity index (χ3v) is 9.03. The van der Waals surface area contributed by atoms with Gasteiger partial charge in [-0.1, -0.05) is 41.9 Å². The average Bonchev–Trinajstić information content (AvgIpc) is 3.42. The molecule has 0 bridgehead atoms. The molecule has 1 fully saturated rings. The minimum atomic E-state index is -0.979. The van der Waals surface area contributed by atoms with Gasteiger partial charge in [0.05, 0.1) is 11.1 Å². The zero-order valence-electron chi connectivity index (χ0n) is 28.1. The van der Waals surface area contributed by atoms with Crippen LogP contribution >= 0.6 is 11.6 Å². The van der Waals surface area contributed by atoms with Crippen molar-refractivity contribution < 1.29 is 29.0 Å². The minimum absolute atomic E-state index is 0.180. The van der Waals surface area contributed by atoms with Crippen LogP contribution in [0.25, 0.3) is 22.0 Å². The summed E-state index contributed by atoms with van der Waals surface area (Å²) in [5.41, 5.74) is 4.36. The molecule has 1 aliphatic carbocycles. The lowest BCUT2D eigenvalue weighted by molar-refractivity contribution is -0.130. The maximum atomic E-state index is 13.7. The fraction of sp³-hybridized carbons (Fsp3) is 0.378. The van der Waals surface area contributed by atoms with E-state index in [2.05, 4.69) is 26.1 Å². The Balaban J connectivity index is 1.26. The van der Waals surface area contributed by atoms with E-state index < -0.39 is 23.7 Å². The molecule has 1 aliphatic rings. The topological polar surface area (TPSA) is 163 Å². The lowest BCUT2D eigenvalue weighted by atomic mass is 9.81. The van der Waals surface area contributed by atoms with Gasteiger partial charge in [-0.15, -0.1) is 0 Å². The first-order valence-corrected chi connectivity index (χ1v) is 16.8. The zero-order valence-corrected chi connectivity index (χ0v) is 28.8. The van der Waals surface area contributed by atoms with Gasteiger partial charge >= 0.3 is 12.1 Å². The molecule has 5 N–H and O–H groups in total. The Labute approximate surface area is 290 Å². The Hall–Kier alpha value is -4.90. The number of rotatable bonds is 10. The van der Waals surface area contributed by atoms with Gasteiger partial charge in [0.2, 0.25) is 11.8 Å². The van der Waals surface area contributed by atoms with Crippen LogP contribution in [-0.2, 0) is 20.7 Å². The van der Waals surface area contributed by atoms with Crippen molar-refractivity contribution in [2.24, 2.45) is 11.8 Å². The molecule has 1 unspecified atom stereocenters. The van der Waals surface area contributed by atoms with E-state index in [9.17, 15) is 24.3 Å². The minimum Gasteiger partial charge on any atom is -0.478 e. The predicted molar refractivity (Wildman–Crippen MR) is 189 cm³/mol. The predicted octanol–water partition coefficient (Wildman–Crippen LogP) is 6.89. The van der Waals surface area contributed by atoms with Crippen LogP contribution in [0.1, 0.15) is 67.9 Å². The Kier molecular flexibility index (Phi) is 10.9. The summed E-state index contributed by atoms with van der Waals surface area (Å²) in [4.78, 5) is 50.7.